The lowest BCUT2D eigenvalue weighted by Gasteiger charge is -1.97. The van der Waals surface area contributed by atoms with Crippen LogP contribution in [-0.4, -0.2) is 12.4 Å². The average molecular weight is 280 g/mol. The molecule has 0 saturated heterocycles. The second-order valence-electron chi connectivity index (χ2n) is 3.70. The second kappa shape index (κ2) is 6.10. The quantitative estimate of drug-likeness (QED) is 0.590. The number of nitrogens with zero attached hydrogens (tertiary/aromatic N) is 2. The van der Waals surface area contributed by atoms with E-state index in [1.54, 1.807) is 0 Å². The Labute approximate surface area is 112 Å². The molecule has 0 spiro atoms. The molecule has 2 aromatic rings. The maximum absolute atomic E-state index is 13.2. The van der Waals surface area contributed by atoms with Crippen molar-refractivity contribution in [3.8, 4) is 0 Å². The van der Waals surface area contributed by atoms with Gasteiger partial charge in [-0.05, 0) is 24.3 Å². The summed E-state index contributed by atoms with van der Waals surface area (Å²) in [5.41, 5.74) is -0.985. The molecule has 0 bridgehead atoms. The van der Waals surface area contributed by atoms with Crippen LogP contribution >= 0.6 is 0 Å². The van der Waals surface area contributed by atoms with E-state index in [0.29, 0.717) is 0 Å². The standard InChI is InChI=1S/C14H8F4N2/c15-9-3-1-4-10(16)13(9)19-7-8-20-14-11(17)5-2-6-12(14)18/h1-8H. The van der Waals surface area contributed by atoms with E-state index in [1.165, 1.54) is 12.1 Å². The molecular formula is C14H8F4N2. The van der Waals surface area contributed by atoms with Crippen molar-refractivity contribution in [3.63, 3.8) is 0 Å². The van der Waals surface area contributed by atoms with Crippen molar-refractivity contribution in [2.75, 3.05) is 0 Å². The van der Waals surface area contributed by atoms with Crippen LogP contribution in [0.5, 0.6) is 0 Å². The number of para-hydroxylation sites is 2. The van der Waals surface area contributed by atoms with E-state index in [2.05, 4.69) is 9.98 Å². The van der Waals surface area contributed by atoms with E-state index in [1.807, 2.05) is 0 Å². The van der Waals surface area contributed by atoms with Crippen molar-refractivity contribution < 1.29 is 17.6 Å². The molecule has 0 heterocycles. The summed E-state index contributed by atoms with van der Waals surface area (Å²) in [6.45, 7) is 0. The molecular weight excluding hydrogens is 272 g/mol. The van der Waals surface area contributed by atoms with Crippen molar-refractivity contribution in [1.29, 1.82) is 0 Å². The van der Waals surface area contributed by atoms with Crippen LogP contribution < -0.4 is 0 Å². The van der Waals surface area contributed by atoms with Crippen LogP contribution in [0.15, 0.2) is 46.4 Å². The van der Waals surface area contributed by atoms with Crippen LogP contribution in [0, 0.1) is 23.3 Å². The number of rotatable bonds is 3. The minimum Gasteiger partial charge on any atom is -0.249 e. The van der Waals surface area contributed by atoms with Crippen LogP contribution in [0.2, 0.25) is 0 Å². The number of hydrogen-bond donors (Lipinski definition) is 0. The van der Waals surface area contributed by atoms with Crippen molar-refractivity contribution in [3.05, 3.63) is 59.7 Å². The molecule has 0 atom stereocenters. The lowest BCUT2D eigenvalue weighted by atomic mass is 10.3. The van der Waals surface area contributed by atoms with Crippen LogP contribution in [0.25, 0.3) is 0 Å². The second-order valence-corrected chi connectivity index (χ2v) is 3.70. The van der Waals surface area contributed by atoms with Gasteiger partial charge in [0, 0.05) is 12.4 Å². The van der Waals surface area contributed by atoms with Crippen LogP contribution in [0.3, 0.4) is 0 Å². The normalized spacial score (nSPS) is 11.6. The molecule has 2 nitrogen and oxygen atoms in total. The van der Waals surface area contributed by atoms with Gasteiger partial charge in [-0.1, -0.05) is 12.1 Å². The van der Waals surface area contributed by atoms with Crippen molar-refractivity contribution in [2.45, 2.75) is 0 Å². The summed E-state index contributed by atoms with van der Waals surface area (Å²) >= 11 is 0. The largest absolute Gasteiger partial charge is 0.249 e. The zero-order valence-electron chi connectivity index (χ0n) is 10.0. The Morgan fingerprint density at radius 2 is 0.900 bits per heavy atom. The molecule has 0 aromatic heterocycles. The highest BCUT2D eigenvalue weighted by Crippen LogP contribution is 2.22. The third kappa shape index (κ3) is 3.09. The molecule has 20 heavy (non-hydrogen) atoms. The van der Waals surface area contributed by atoms with Crippen LogP contribution in [0.1, 0.15) is 0 Å². The Balaban J connectivity index is 2.20. The minimum atomic E-state index is -0.841. The Hall–Kier alpha value is -2.50. The number of aliphatic imine (C=N–C) groups is 2. The summed E-state index contributed by atoms with van der Waals surface area (Å²) < 4.78 is 52.8. The van der Waals surface area contributed by atoms with Gasteiger partial charge in [-0.2, -0.15) is 0 Å². The molecule has 0 aliphatic heterocycles. The number of benzene rings is 2. The molecule has 0 fully saturated rings. The predicted molar refractivity (Wildman–Crippen MR) is 69.0 cm³/mol. The lowest BCUT2D eigenvalue weighted by Crippen LogP contribution is -1.85. The summed E-state index contributed by atoms with van der Waals surface area (Å²) in [4.78, 5) is 7.02. The van der Waals surface area contributed by atoms with Gasteiger partial charge >= 0.3 is 0 Å². The van der Waals surface area contributed by atoms with Gasteiger partial charge in [0.25, 0.3) is 0 Å². The molecule has 0 aliphatic carbocycles. The van der Waals surface area contributed by atoms with Gasteiger partial charge in [-0.25, -0.2) is 27.5 Å². The minimum absolute atomic E-state index is 0.493. The van der Waals surface area contributed by atoms with E-state index in [0.717, 1.165) is 36.7 Å². The molecule has 0 saturated carbocycles. The fraction of sp³-hybridized carbons (Fsp3) is 0. The first-order chi connectivity index (χ1) is 9.59. The molecule has 2 rings (SSSR count). The Morgan fingerprint density at radius 3 is 1.20 bits per heavy atom. The van der Waals surface area contributed by atoms with Crippen molar-refractivity contribution >= 4 is 23.8 Å². The van der Waals surface area contributed by atoms with Gasteiger partial charge in [-0.15, -0.1) is 0 Å². The van der Waals surface area contributed by atoms with Crippen molar-refractivity contribution in [2.24, 2.45) is 9.98 Å². The van der Waals surface area contributed by atoms with E-state index in [9.17, 15) is 17.6 Å². The first kappa shape index (κ1) is 13.9. The summed E-state index contributed by atoms with van der Waals surface area (Å²) in [7, 11) is 0. The van der Waals surface area contributed by atoms with Gasteiger partial charge < -0.3 is 0 Å². The van der Waals surface area contributed by atoms with E-state index >= 15 is 0 Å². The molecule has 6 heteroatoms. The molecule has 2 aromatic carbocycles. The fourth-order valence-electron chi connectivity index (χ4n) is 1.44. The van der Waals surface area contributed by atoms with E-state index in [4.69, 9.17) is 0 Å². The predicted octanol–water partition coefficient (Wildman–Crippen LogP) is 4.35. The highest BCUT2D eigenvalue weighted by atomic mass is 19.1. The monoisotopic (exact) mass is 280 g/mol. The van der Waals surface area contributed by atoms with Crippen LogP contribution in [-0.2, 0) is 0 Å². The smallest absolute Gasteiger partial charge is 0.151 e. The SMILES string of the molecule is Fc1cccc(F)c1N=CC=Nc1c(F)cccc1F. The first-order valence-corrected chi connectivity index (χ1v) is 5.54. The number of hydrogen-bond acceptors (Lipinski definition) is 2. The van der Waals surface area contributed by atoms with Gasteiger partial charge in [0.1, 0.15) is 11.4 Å². The zero-order valence-corrected chi connectivity index (χ0v) is 10.0. The Kier molecular flexibility index (Phi) is 4.24. The summed E-state index contributed by atoms with van der Waals surface area (Å²) in [6, 6.07) is 6.58. The van der Waals surface area contributed by atoms with E-state index in [-0.39, 0.29) is 0 Å². The summed E-state index contributed by atoms with van der Waals surface area (Å²) in [6.07, 6.45) is 1.90. The number of halogens is 4. The highest BCUT2D eigenvalue weighted by Gasteiger charge is 2.06. The Bertz CT molecular complexity index is 581. The van der Waals surface area contributed by atoms with E-state index < -0.39 is 34.6 Å². The summed E-state index contributed by atoms with van der Waals surface area (Å²) in [5, 5.41) is 0. The molecule has 102 valence electrons. The van der Waals surface area contributed by atoms with Crippen molar-refractivity contribution in [1.82, 2.24) is 0 Å². The van der Waals surface area contributed by atoms with Gasteiger partial charge in [0.2, 0.25) is 0 Å². The highest BCUT2D eigenvalue weighted by molar-refractivity contribution is 6.17. The molecule has 0 radical (unpaired) electrons. The van der Waals surface area contributed by atoms with Gasteiger partial charge in [0.15, 0.2) is 23.3 Å². The maximum Gasteiger partial charge on any atom is 0.151 e. The average Bonchev–Trinajstić information content (AvgIpc) is 2.40. The molecule has 0 amide bonds. The summed E-state index contributed by atoms with van der Waals surface area (Å²) in [5.74, 6) is -3.36. The molecule has 0 N–H and O–H groups in total. The molecule has 0 aliphatic rings. The third-order valence-electron chi connectivity index (χ3n) is 2.35. The van der Waals surface area contributed by atoms with Crippen LogP contribution in [0.4, 0.5) is 28.9 Å². The zero-order chi connectivity index (χ0) is 14.5. The van der Waals surface area contributed by atoms with Gasteiger partial charge in [-0.3, -0.25) is 0 Å². The molecule has 0 unspecified atom stereocenters. The maximum atomic E-state index is 13.2. The first-order valence-electron chi connectivity index (χ1n) is 5.54. The topological polar surface area (TPSA) is 24.7 Å². The third-order valence-corrected chi connectivity index (χ3v) is 2.35. The van der Waals surface area contributed by atoms with Gasteiger partial charge in [0.05, 0.1) is 0 Å². The Morgan fingerprint density at radius 1 is 0.600 bits per heavy atom. The fourth-order valence-corrected chi connectivity index (χ4v) is 1.44. The lowest BCUT2D eigenvalue weighted by molar-refractivity contribution is 0.587.